The molecular weight excluding hydrogens is 592 g/mol. The van der Waals surface area contributed by atoms with Gasteiger partial charge in [0.15, 0.2) is 0 Å². The molecule has 6 nitrogen and oxygen atoms in total. The van der Waals surface area contributed by atoms with Gasteiger partial charge in [0, 0.05) is 61.5 Å². The molecule has 0 atom stereocenters. The zero-order valence-electron chi connectivity index (χ0n) is 27.8. The molecular formula is C39H48ClN4O2+. The van der Waals surface area contributed by atoms with Gasteiger partial charge in [0.25, 0.3) is 0 Å². The fraction of sp³-hybridized carbons (Fsp3) is 0.359. The van der Waals surface area contributed by atoms with Crippen molar-refractivity contribution in [2.75, 3.05) is 53.5 Å². The number of nitrogens with zero attached hydrogens (tertiary/aromatic N) is 4. The van der Waals surface area contributed by atoms with Crippen LogP contribution >= 0.6 is 11.6 Å². The Kier molecular flexibility index (Phi) is 11.6. The molecule has 0 radical (unpaired) electrons. The molecule has 0 saturated carbocycles. The molecule has 4 aromatic rings. The number of likely N-dealkylation sites (N-methyl/N-ethyl adjacent to an activating group) is 1. The maximum Gasteiger partial charge on any atom is 0.119 e. The third kappa shape index (κ3) is 9.27. The largest absolute Gasteiger partial charge is 0.493 e. The fourth-order valence-corrected chi connectivity index (χ4v) is 5.78. The van der Waals surface area contributed by atoms with Crippen molar-refractivity contribution in [2.24, 2.45) is 0 Å². The SMILES string of the molecule is CC[N+](C)(CC)CCCOc1ccc(-n2cc(-c3ccc(OCCc4ccc(Cl)cc4)cc3)nc2CCC2=CN(C)CC=C2)cc1. The Hall–Kier alpha value is -4.00. The van der Waals surface area contributed by atoms with Crippen molar-refractivity contribution in [3.63, 3.8) is 0 Å². The van der Waals surface area contributed by atoms with Gasteiger partial charge in [-0.15, -0.1) is 0 Å². The van der Waals surface area contributed by atoms with Crippen LogP contribution in [-0.2, 0) is 12.8 Å². The van der Waals surface area contributed by atoms with Crippen molar-refractivity contribution in [2.45, 2.75) is 39.5 Å². The van der Waals surface area contributed by atoms with Crippen LogP contribution in [0.2, 0.25) is 5.02 Å². The minimum Gasteiger partial charge on any atom is -0.493 e. The van der Waals surface area contributed by atoms with Gasteiger partial charge in [0.05, 0.1) is 45.6 Å². The lowest BCUT2D eigenvalue weighted by Gasteiger charge is -2.32. The molecule has 1 aliphatic rings. The van der Waals surface area contributed by atoms with E-state index in [4.69, 9.17) is 26.1 Å². The van der Waals surface area contributed by atoms with Gasteiger partial charge in [0.2, 0.25) is 0 Å². The molecule has 242 valence electrons. The molecule has 0 amide bonds. The molecule has 0 fully saturated rings. The van der Waals surface area contributed by atoms with E-state index < -0.39 is 0 Å². The Balaban J connectivity index is 1.27. The highest BCUT2D eigenvalue weighted by atomic mass is 35.5. The molecule has 0 aliphatic carbocycles. The van der Waals surface area contributed by atoms with Crippen molar-refractivity contribution in [1.82, 2.24) is 14.5 Å². The lowest BCUT2D eigenvalue weighted by atomic mass is 10.1. The second-order valence-electron chi connectivity index (χ2n) is 12.4. The van der Waals surface area contributed by atoms with Gasteiger partial charge in [-0.2, -0.15) is 0 Å². The first-order valence-electron chi connectivity index (χ1n) is 16.5. The van der Waals surface area contributed by atoms with Gasteiger partial charge in [-0.1, -0.05) is 35.9 Å². The van der Waals surface area contributed by atoms with E-state index >= 15 is 0 Å². The molecule has 1 aromatic heterocycles. The summed E-state index contributed by atoms with van der Waals surface area (Å²) in [5, 5.41) is 0.750. The number of benzene rings is 3. The summed E-state index contributed by atoms with van der Waals surface area (Å²) in [7, 11) is 4.43. The molecule has 5 rings (SSSR count). The number of halogens is 1. The zero-order chi connectivity index (χ0) is 32.4. The number of rotatable bonds is 16. The minimum absolute atomic E-state index is 0.606. The van der Waals surface area contributed by atoms with Crippen LogP contribution in [0.15, 0.2) is 103 Å². The van der Waals surface area contributed by atoms with Gasteiger partial charge in [-0.3, -0.25) is 0 Å². The van der Waals surface area contributed by atoms with Crippen LogP contribution in [0.25, 0.3) is 16.9 Å². The molecule has 1 aliphatic heterocycles. The average molecular weight is 640 g/mol. The summed E-state index contributed by atoms with van der Waals surface area (Å²) < 4.78 is 15.5. The van der Waals surface area contributed by atoms with E-state index in [1.165, 1.54) is 11.1 Å². The quantitative estimate of drug-likeness (QED) is 0.0912. The first kappa shape index (κ1) is 33.4. The Morgan fingerprint density at radius 3 is 2.17 bits per heavy atom. The number of imidazole rings is 1. The van der Waals surface area contributed by atoms with Crippen molar-refractivity contribution in [3.8, 4) is 28.4 Å². The number of allylic oxidation sites excluding steroid dienone is 2. The van der Waals surface area contributed by atoms with E-state index in [-0.39, 0.29) is 0 Å². The Morgan fingerprint density at radius 1 is 0.826 bits per heavy atom. The highest BCUT2D eigenvalue weighted by Gasteiger charge is 2.16. The Labute approximate surface area is 280 Å². The summed E-state index contributed by atoms with van der Waals surface area (Å²) in [6, 6.07) is 24.6. The fourth-order valence-electron chi connectivity index (χ4n) is 5.65. The topological polar surface area (TPSA) is 39.5 Å². The maximum absolute atomic E-state index is 6.12. The highest BCUT2D eigenvalue weighted by molar-refractivity contribution is 6.30. The van der Waals surface area contributed by atoms with E-state index in [1.54, 1.807) is 0 Å². The second-order valence-corrected chi connectivity index (χ2v) is 12.8. The lowest BCUT2D eigenvalue weighted by Crippen LogP contribution is -2.44. The predicted molar refractivity (Wildman–Crippen MR) is 190 cm³/mol. The summed E-state index contributed by atoms with van der Waals surface area (Å²) in [5.41, 5.74) is 5.60. The smallest absolute Gasteiger partial charge is 0.119 e. The molecule has 0 spiro atoms. The predicted octanol–water partition coefficient (Wildman–Crippen LogP) is 8.39. The number of aromatic nitrogens is 2. The molecule has 0 bridgehead atoms. The van der Waals surface area contributed by atoms with E-state index in [9.17, 15) is 0 Å². The molecule has 3 aromatic carbocycles. The van der Waals surface area contributed by atoms with E-state index in [0.717, 1.165) is 102 Å². The van der Waals surface area contributed by atoms with Crippen LogP contribution in [-0.4, -0.2) is 72.4 Å². The van der Waals surface area contributed by atoms with E-state index in [2.05, 4.69) is 98.4 Å². The van der Waals surface area contributed by atoms with Gasteiger partial charge >= 0.3 is 0 Å². The molecule has 0 unspecified atom stereocenters. The van der Waals surface area contributed by atoms with Crippen LogP contribution in [0.3, 0.4) is 0 Å². The van der Waals surface area contributed by atoms with Crippen LogP contribution in [0.4, 0.5) is 0 Å². The molecule has 0 N–H and O–H groups in total. The first-order chi connectivity index (χ1) is 22.3. The van der Waals surface area contributed by atoms with Crippen molar-refractivity contribution < 1.29 is 14.0 Å². The summed E-state index contributed by atoms with van der Waals surface area (Å²) in [4.78, 5) is 7.35. The number of hydrogen-bond donors (Lipinski definition) is 0. The zero-order valence-corrected chi connectivity index (χ0v) is 28.5. The van der Waals surface area contributed by atoms with Crippen LogP contribution in [0.5, 0.6) is 11.5 Å². The second kappa shape index (κ2) is 16.0. The Bertz CT molecular complexity index is 1590. The molecule has 2 heterocycles. The number of hydrogen-bond acceptors (Lipinski definition) is 4. The number of ether oxygens (including phenoxy) is 2. The van der Waals surface area contributed by atoms with Crippen LogP contribution in [0.1, 0.15) is 38.1 Å². The Morgan fingerprint density at radius 2 is 1.50 bits per heavy atom. The van der Waals surface area contributed by atoms with Crippen molar-refractivity contribution in [3.05, 3.63) is 119 Å². The monoisotopic (exact) mass is 639 g/mol. The highest BCUT2D eigenvalue weighted by Crippen LogP contribution is 2.27. The van der Waals surface area contributed by atoms with E-state index in [0.29, 0.717) is 6.61 Å². The van der Waals surface area contributed by atoms with Crippen molar-refractivity contribution in [1.29, 1.82) is 0 Å². The summed E-state index contributed by atoms with van der Waals surface area (Å²) in [6.45, 7) is 10.2. The molecule has 7 heteroatoms. The van der Waals surface area contributed by atoms with Crippen LogP contribution in [0, 0.1) is 0 Å². The van der Waals surface area contributed by atoms with Gasteiger partial charge in [-0.05, 0) is 92.1 Å². The molecule has 0 saturated heterocycles. The van der Waals surface area contributed by atoms with Gasteiger partial charge in [-0.25, -0.2) is 4.98 Å². The summed E-state index contributed by atoms with van der Waals surface area (Å²) in [5.74, 6) is 2.78. The molecule has 46 heavy (non-hydrogen) atoms. The average Bonchev–Trinajstić information content (AvgIpc) is 3.51. The number of quaternary nitrogens is 1. The third-order valence-electron chi connectivity index (χ3n) is 9.00. The normalized spacial score (nSPS) is 13.2. The summed E-state index contributed by atoms with van der Waals surface area (Å²) in [6.07, 6.45) is 12.5. The van der Waals surface area contributed by atoms with E-state index in [1.807, 2.05) is 36.4 Å². The van der Waals surface area contributed by atoms with Crippen LogP contribution < -0.4 is 9.47 Å². The summed E-state index contributed by atoms with van der Waals surface area (Å²) >= 11 is 6.01. The van der Waals surface area contributed by atoms with Crippen molar-refractivity contribution >= 4 is 11.6 Å². The standard InChI is InChI=1S/C39H48ClN4O2/c1-5-44(4,6-2)26-8-27-45-37-21-17-35(18-22-37)43-30-38(41-39(43)23-12-32-9-7-25-42(3)29-32)33-13-19-36(20-14-33)46-28-24-31-10-15-34(40)16-11-31/h7,9-11,13-22,29-30H,5-6,8,12,23-28H2,1-4H3/q+1. The maximum atomic E-state index is 6.12. The van der Waals surface area contributed by atoms with Gasteiger partial charge in [0.1, 0.15) is 17.3 Å². The lowest BCUT2D eigenvalue weighted by molar-refractivity contribution is -0.906. The van der Waals surface area contributed by atoms with Gasteiger partial charge < -0.3 is 23.4 Å². The number of aryl methyl sites for hydroxylation is 1. The first-order valence-corrected chi connectivity index (χ1v) is 16.9. The minimum atomic E-state index is 0.606. The third-order valence-corrected chi connectivity index (χ3v) is 9.26.